The van der Waals surface area contributed by atoms with Crippen molar-refractivity contribution in [2.24, 2.45) is 14.1 Å². The highest BCUT2D eigenvalue weighted by molar-refractivity contribution is 6.35. The number of hydrogen-bond acceptors (Lipinski definition) is 6. The minimum atomic E-state index is -0.0949. The van der Waals surface area contributed by atoms with Crippen molar-refractivity contribution in [1.82, 2.24) is 33.5 Å². The molecule has 0 saturated carbocycles. The Morgan fingerprint density at radius 2 is 1.71 bits per heavy atom. The van der Waals surface area contributed by atoms with E-state index in [1.54, 1.807) is 11.6 Å². The number of nitrogens with zero attached hydrogens (tertiary/aromatic N) is 8. The van der Waals surface area contributed by atoms with Gasteiger partial charge in [0.05, 0.1) is 35.1 Å². The van der Waals surface area contributed by atoms with E-state index in [0.29, 0.717) is 49.1 Å². The van der Waals surface area contributed by atoms with E-state index in [1.165, 1.54) is 0 Å². The third kappa shape index (κ3) is 6.38. The molecule has 1 atom stereocenters. The molecule has 11 nitrogen and oxygen atoms in total. The van der Waals surface area contributed by atoms with Gasteiger partial charge in [0.15, 0.2) is 11.5 Å². The number of ether oxygens (including phenoxy) is 2. The second-order valence-corrected chi connectivity index (χ2v) is 16.6. The van der Waals surface area contributed by atoms with Gasteiger partial charge in [-0.05, 0) is 107 Å². The van der Waals surface area contributed by atoms with Crippen molar-refractivity contribution >= 4 is 62.2 Å². The third-order valence-electron chi connectivity index (χ3n) is 11.8. The lowest BCUT2D eigenvalue weighted by Crippen LogP contribution is -2.42. The fourth-order valence-corrected chi connectivity index (χ4v) is 9.37. The molecule has 1 unspecified atom stereocenters. The summed E-state index contributed by atoms with van der Waals surface area (Å²) >= 11 is 13.6. The highest BCUT2D eigenvalue weighted by Gasteiger charge is 2.37. The Kier molecular flexibility index (Phi) is 9.81. The number of aryl methyl sites for hydroxylation is 6. The van der Waals surface area contributed by atoms with Crippen LogP contribution < -0.4 is 9.64 Å². The van der Waals surface area contributed by atoms with E-state index in [-0.39, 0.29) is 11.9 Å². The summed E-state index contributed by atoms with van der Waals surface area (Å²) in [5.74, 6) is 1.32. The number of methoxy groups -OCH3 is 1. The van der Waals surface area contributed by atoms with Crippen LogP contribution in [0.4, 0.5) is 5.69 Å². The summed E-state index contributed by atoms with van der Waals surface area (Å²) < 4.78 is 19.7. The lowest BCUT2D eigenvalue weighted by atomic mass is 9.98. The molecule has 0 saturated heterocycles. The second-order valence-electron chi connectivity index (χ2n) is 15.8. The molecule has 59 heavy (non-hydrogen) atoms. The number of carbonyl (C=O) groups excluding carboxylic acids is 1. The molecule has 0 radical (unpaired) electrons. The number of rotatable bonds is 10. The van der Waals surface area contributed by atoms with Crippen molar-refractivity contribution in [3.63, 3.8) is 0 Å². The van der Waals surface area contributed by atoms with E-state index in [1.807, 2.05) is 87.0 Å². The first kappa shape index (κ1) is 38.9. The molecule has 5 aromatic heterocycles. The van der Waals surface area contributed by atoms with E-state index in [9.17, 15) is 0 Å². The first-order chi connectivity index (χ1) is 28.4. The molecule has 0 spiro atoms. The van der Waals surface area contributed by atoms with Gasteiger partial charge < -0.3 is 23.5 Å². The zero-order valence-electron chi connectivity index (χ0n) is 34.5. The third-order valence-corrected chi connectivity index (χ3v) is 12.7. The van der Waals surface area contributed by atoms with E-state index in [0.717, 1.165) is 94.2 Å². The average Bonchev–Trinajstić information content (AvgIpc) is 3.95. The molecule has 13 heteroatoms. The fourth-order valence-electron chi connectivity index (χ4n) is 9.01. The zero-order valence-corrected chi connectivity index (χ0v) is 36.0. The van der Waals surface area contributed by atoms with Gasteiger partial charge in [0.2, 0.25) is 0 Å². The van der Waals surface area contributed by atoms with Crippen LogP contribution in [0, 0.1) is 27.7 Å². The smallest absolute Gasteiger partial charge is 0.275 e. The van der Waals surface area contributed by atoms with Gasteiger partial charge in [-0.3, -0.25) is 9.48 Å². The SMILES string of the molecule is COCc1cccn2nc(-c3ccc4c(c3)c(N3CC(C)n5c(c(CCCOc6cc(C)c(Cl)c(C)c6)c6ccc(Cl)c(-c7c(C)nn(C)c7C)c65)C3=O)cn4C)nc12. The predicted octanol–water partition coefficient (Wildman–Crippen LogP) is 10.2. The number of anilines is 1. The van der Waals surface area contributed by atoms with Gasteiger partial charge in [0.1, 0.15) is 11.4 Å². The number of fused-ring (bicyclic) bond motifs is 5. The molecular weight excluding hydrogens is 783 g/mol. The zero-order chi connectivity index (χ0) is 41.4. The Morgan fingerprint density at radius 3 is 2.44 bits per heavy atom. The monoisotopic (exact) mass is 828 g/mol. The Hall–Kier alpha value is -5.62. The van der Waals surface area contributed by atoms with Crippen molar-refractivity contribution in [3.05, 3.63) is 116 Å². The van der Waals surface area contributed by atoms with E-state index >= 15 is 4.79 Å². The molecule has 6 heterocycles. The predicted molar refractivity (Wildman–Crippen MR) is 235 cm³/mol. The van der Waals surface area contributed by atoms with E-state index in [4.69, 9.17) is 47.9 Å². The van der Waals surface area contributed by atoms with Crippen molar-refractivity contribution in [2.75, 3.05) is 25.2 Å². The van der Waals surface area contributed by atoms with Crippen molar-refractivity contribution < 1.29 is 14.3 Å². The first-order valence-electron chi connectivity index (χ1n) is 19.9. The van der Waals surface area contributed by atoms with Crippen LogP contribution in [-0.2, 0) is 31.9 Å². The summed E-state index contributed by atoms with van der Waals surface area (Å²) in [4.78, 5) is 22.2. The lowest BCUT2D eigenvalue weighted by molar-refractivity contribution is 0.0957. The molecule has 0 bridgehead atoms. The topological polar surface area (TPSA) is 96.6 Å². The van der Waals surface area contributed by atoms with Gasteiger partial charge >= 0.3 is 0 Å². The average molecular weight is 830 g/mol. The summed E-state index contributed by atoms with van der Waals surface area (Å²) in [5.41, 5.74) is 12.7. The van der Waals surface area contributed by atoms with Crippen LogP contribution in [0.3, 0.4) is 0 Å². The van der Waals surface area contributed by atoms with Crippen LogP contribution in [0.1, 0.15) is 63.5 Å². The van der Waals surface area contributed by atoms with Gasteiger partial charge in [-0.15, -0.1) is 5.10 Å². The first-order valence-corrected chi connectivity index (χ1v) is 20.6. The van der Waals surface area contributed by atoms with Gasteiger partial charge in [-0.2, -0.15) is 5.10 Å². The summed E-state index contributed by atoms with van der Waals surface area (Å²) in [6.07, 6.45) is 5.25. The van der Waals surface area contributed by atoms with Crippen molar-refractivity contribution in [1.29, 1.82) is 0 Å². The van der Waals surface area contributed by atoms with E-state index in [2.05, 4.69) is 47.4 Å². The van der Waals surface area contributed by atoms with Gasteiger partial charge in [-0.25, -0.2) is 9.50 Å². The Morgan fingerprint density at radius 1 is 0.932 bits per heavy atom. The molecule has 302 valence electrons. The maximum Gasteiger partial charge on any atom is 0.275 e. The number of pyridine rings is 1. The van der Waals surface area contributed by atoms with Crippen LogP contribution >= 0.6 is 23.2 Å². The highest BCUT2D eigenvalue weighted by Crippen LogP contribution is 2.46. The van der Waals surface area contributed by atoms with Crippen LogP contribution in [0.5, 0.6) is 5.75 Å². The van der Waals surface area contributed by atoms with Crippen LogP contribution in [0.25, 0.3) is 50.0 Å². The summed E-state index contributed by atoms with van der Waals surface area (Å²) in [6, 6.07) is 18.0. The van der Waals surface area contributed by atoms with Gasteiger partial charge in [0.25, 0.3) is 5.91 Å². The highest BCUT2D eigenvalue weighted by atomic mass is 35.5. The summed E-state index contributed by atoms with van der Waals surface area (Å²) in [5, 5.41) is 12.9. The van der Waals surface area contributed by atoms with Crippen LogP contribution in [0.2, 0.25) is 10.0 Å². The minimum Gasteiger partial charge on any atom is -0.494 e. The standard InChI is InChI=1S/C46H46Cl2N8O3/c1-25-19-32(20-26(2)41(25)48)59-18-10-12-33-34-14-15-36(47)40(39-28(4)50-53(7)29(39)5)42(34)56-27(3)22-54(46(57)43(33)56)38-23-52(6)37-16-13-30(21-35(37)38)44-49-45-31(24-58-8)11-9-17-55(45)51-44/h9,11,13-17,19-21,23,27H,10,12,18,22,24H2,1-8H3. The molecule has 8 aromatic rings. The Labute approximate surface area is 352 Å². The van der Waals surface area contributed by atoms with Crippen LogP contribution in [0.15, 0.2) is 67.0 Å². The second kappa shape index (κ2) is 14.9. The number of amides is 1. The molecule has 9 rings (SSSR count). The maximum atomic E-state index is 15.4. The van der Waals surface area contributed by atoms with E-state index < -0.39 is 0 Å². The number of carbonyl (C=O) groups is 1. The molecule has 1 aliphatic rings. The quantitative estimate of drug-likeness (QED) is 0.127. The Balaban J connectivity index is 1.16. The van der Waals surface area contributed by atoms with Crippen LogP contribution in [-0.4, -0.2) is 59.7 Å². The molecule has 0 N–H and O–H groups in total. The summed E-state index contributed by atoms with van der Waals surface area (Å²) in [6.45, 7) is 11.6. The molecule has 0 aliphatic carbocycles. The fraction of sp³-hybridized carbons (Fsp3) is 0.304. The van der Waals surface area contributed by atoms with Gasteiger partial charge in [-0.1, -0.05) is 35.3 Å². The van der Waals surface area contributed by atoms with Gasteiger partial charge in [0, 0.05) is 95.4 Å². The number of halogens is 2. The number of hydrogen-bond donors (Lipinski definition) is 0. The number of benzene rings is 3. The molecular formula is C46H46Cl2N8O3. The largest absolute Gasteiger partial charge is 0.494 e. The van der Waals surface area contributed by atoms with Crippen molar-refractivity contribution in [2.45, 2.75) is 60.1 Å². The Bertz CT molecular complexity index is 2970. The summed E-state index contributed by atoms with van der Waals surface area (Å²) in [7, 11) is 5.64. The lowest BCUT2D eigenvalue weighted by Gasteiger charge is -2.34. The normalized spacial score (nSPS) is 14.4. The number of aromatic nitrogens is 7. The maximum absolute atomic E-state index is 15.4. The molecule has 1 amide bonds. The molecule has 3 aromatic carbocycles. The molecule has 0 fully saturated rings. The molecule has 1 aliphatic heterocycles. The van der Waals surface area contributed by atoms with Crippen molar-refractivity contribution in [3.8, 4) is 28.3 Å². The minimum absolute atomic E-state index is 0.0613.